The number of aryl methyl sites for hydroxylation is 1. The first-order valence-electron chi connectivity index (χ1n) is 6.63. The van der Waals surface area contributed by atoms with E-state index in [9.17, 15) is 5.11 Å². The summed E-state index contributed by atoms with van der Waals surface area (Å²) in [4.78, 5) is 2.00. The summed E-state index contributed by atoms with van der Waals surface area (Å²) in [6.07, 6.45) is -0.255. The van der Waals surface area contributed by atoms with Crippen molar-refractivity contribution in [3.05, 3.63) is 16.8 Å². The molecule has 0 radical (unpaired) electrons. The van der Waals surface area contributed by atoms with E-state index in [4.69, 9.17) is 15.9 Å². The molecule has 0 aromatic carbocycles. The van der Waals surface area contributed by atoms with Crippen molar-refractivity contribution in [3.63, 3.8) is 0 Å². The maximum absolute atomic E-state index is 9.26. The molecule has 2 heterocycles. The van der Waals surface area contributed by atoms with Crippen LogP contribution in [0.2, 0.25) is 0 Å². The van der Waals surface area contributed by atoms with Gasteiger partial charge >= 0.3 is 0 Å². The van der Waals surface area contributed by atoms with Crippen LogP contribution in [0.3, 0.4) is 0 Å². The Bertz CT molecular complexity index is 520. The molecule has 7 nitrogen and oxygen atoms in total. The van der Waals surface area contributed by atoms with Gasteiger partial charge in [-0.3, -0.25) is 5.41 Å². The van der Waals surface area contributed by atoms with Crippen molar-refractivity contribution in [1.82, 2.24) is 10.2 Å². The maximum Gasteiger partial charge on any atom is 0.162 e. The number of ether oxygens (including phenoxy) is 1. The lowest BCUT2D eigenvalue weighted by Gasteiger charge is -2.38. The molecular weight excluding hydrogens is 258 g/mol. The first kappa shape index (κ1) is 14.7. The third-order valence-corrected chi connectivity index (χ3v) is 3.69. The van der Waals surface area contributed by atoms with Crippen molar-refractivity contribution in [2.24, 2.45) is 5.73 Å². The molecule has 1 aromatic rings. The van der Waals surface area contributed by atoms with Crippen molar-refractivity contribution >= 4 is 11.7 Å². The van der Waals surface area contributed by atoms with Crippen molar-refractivity contribution < 1.29 is 9.84 Å². The molecule has 2 rings (SSSR count). The number of aliphatic hydroxyl groups is 1. The van der Waals surface area contributed by atoms with Gasteiger partial charge in [-0.2, -0.15) is 5.10 Å². The van der Waals surface area contributed by atoms with Gasteiger partial charge < -0.3 is 20.5 Å². The Balaban J connectivity index is 2.45. The average Bonchev–Trinajstić information content (AvgIpc) is 2.42. The Labute approximate surface area is 118 Å². The monoisotopic (exact) mass is 279 g/mol. The molecule has 2 atom stereocenters. The molecule has 7 heteroatoms. The molecule has 0 saturated carbocycles. The Kier molecular flexibility index (Phi) is 4.20. The second kappa shape index (κ2) is 5.72. The van der Waals surface area contributed by atoms with E-state index in [0.717, 1.165) is 11.3 Å². The smallest absolute Gasteiger partial charge is 0.162 e. The molecule has 110 valence electrons. The molecule has 1 aromatic heterocycles. The highest BCUT2D eigenvalue weighted by molar-refractivity contribution is 6.01. The zero-order valence-corrected chi connectivity index (χ0v) is 12.1. The summed E-state index contributed by atoms with van der Waals surface area (Å²) in [5.74, 6) is 0.574. The first-order chi connectivity index (χ1) is 9.45. The van der Waals surface area contributed by atoms with Crippen molar-refractivity contribution in [2.45, 2.75) is 32.9 Å². The largest absolute Gasteiger partial charge is 0.394 e. The number of aliphatic hydroxyl groups excluding tert-OH is 1. The Morgan fingerprint density at radius 3 is 2.80 bits per heavy atom. The lowest BCUT2D eigenvalue weighted by atomic mass is 10.1. The summed E-state index contributed by atoms with van der Waals surface area (Å²) in [5.41, 5.74) is 7.95. The van der Waals surface area contributed by atoms with Crippen molar-refractivity contribution in [2.75, 3.05) is 24.7 Å². The highest BCUT2D eigenvalue weighted by Gasteiger charge is 2.30. The number of morpholine rings is 1. The van der Waals surface area contributed by atoms with Crippen molar-refractivity contribution in [1.29, 1.82) is 5.41 Å². The van der Waals surface area contributed by atoms with Gasteiger partial charge in [-0.25, -0.2) is 0 Å². The molecule has 0 spiro atoms. The summed E-state index contributed by atoms with van der Waals surface area (Å²) >= 11 is 0. The number of amidine groups is 1. The fraction of sp³-hybridized carbons (Fsp3) is 0.615. The maximum atomic E-state index is 9.26. The van der Waals surface area contributed by atoms with E-state index in [1.165, 1.54) is 0 Å². The molecule has 0 amide bonds. The minimum Gasteiger partial charge on any atom is -0.394 e. The van der Waals surface area contributed by atoms with Gasteiger partial charge in [0.1, 0.15) is 5.84 Å². The Morgan fingerprint density at radius 1 is 1.50 bits per heavy atom. The number of rotatable bonds is 3. The second-order valence-corrected chi connectivity index (χ2v) is 5.16. The molecule has 0 bridgehead atoms. The molecule has 4 N–H and O–H groups in total. The number of nitrogens with zero attached hydrogens (tertiary/aromatic N) is 3. The zero-order valence-electron chi connectivity index (χ0n) is 12.1. The highest BCUT2D eigenvalue weighted by atomic mass is 16.5. The van der Waals surface area contributed by atoms with Crippen LogP contribution in [0.25, 0.3) is 0 Å². The third-order valence-electron chi connectivity index (χ3n) is 3.69. The van der Waals surface area contributed by atoms with Crippen LogP contribution in [0, 0.1) is 19.3 Å². The van der Waals surface area contributed by atoms with Gasteiger partial charge in [-0.05, 0) is 26.3 Å². The van der Waals surface area contributed by atoms with E-state index >= 15 is 0 Å². The van der Waals surface area contributed by atoms with Gasteiger partial charge in [-0.1, -0.05) is 0 Å². The molecule has 1 fully saturated rings. The van der Waals surface area contributed by atoms with E-state index in [-0.39, 0.29) is 24.6 Å². The number of aromatic nitrogens is 2. The van der Waals surface area contributed by atoms with Crippen LogP contribution in [0.4, 0.5) is 5.82 Å². The molecule has 0 aliphatic carbocycles. The van der Waals surface area contributed by atoms with Crippen LogP contribution in [0.5, 0.6) is 0 Å². The van der Waals surface area contributed by atoms with Crippen molar-refractivity contribution in [3.8, 4) is 0 Å². The molecular formula is C13H21N5O2. The van der Waals surface area contributed by atoms with Gasteiger partial charge in [-0.15, -0.1) is 5.10 Å². The normalized spacial score (nSPS) is 22.9. The van der Waals surface area contributed by atoms with Crippen LogP contribution >= 0.6 is 0 Å². The summed E-state index contributed by atoms with van der Waals surface area (Å²) < 4.78 is 5.52. The van der Waals surface area contributed by atoms with E-state index in [2.05, 4.69) is 10.2 Å². The molecule has 20 heavy (non-hydrogen) atoms. The lowest BCUT2D eigenvalue weighted by molar-refractivity contribution is -0.0106. The second-order valence-electron chi connectivity index (χ2n) is 5.16. The number of hydrogen-bond donors (Lipinski definition) is 3. The van der Waals surface area contributed by atoms with Crippen LogP contribution in [-0.2, 0) is 4.74 Å². The van der Waals surface area contributed by atoms with Gasteiger partial charge in [0.05, 0.1) is 36.6 Å². The minimum absolute atomic E-state index is 0.0188. The van der Waals surface area contributed by atoms with Gasteiger partial charge in [0, 0.05) is 6.54 Å². The van der Waals surface area contributed by atoms with Crippen LogP contribution in [-0.4, -0.2) is 53.0 Å². The fourth-order valence-corrected chi connectivity index (χ4v) is 2.34. The summed E-state index contributed by atoms with van der Waals surface area (Å²) in [6.45, 7) is 6.70. The minimum atomic E-state index is -0.255. The number of nitrogen functional groups attached to an aromatic ring is 1. The van der Waals surface area contributed by atoms with E-state index in [1.54, 1.807) is 0 Å². The fourth-order valence-electron chi connectivity index (χ4n) is 2.34. The molecule has 1 saturated heterocycles. The lowest BCUT2D eigenvalue weighted by Crippen LogP contribution is -2.50. The predicted octanol–water partition coefficient (Wildman–Crippen LogP) is -0.0365. The number of anilines is 1. The van der Waals surface area contributed by atoms with Gasteiger partial charge in [0.15, 0.2) is 5.82 Å². The van der Waals surface area contributed by atoms with E-state index in [1.807, 2.05) is 25.7 Å². The number of nitrogens with one attached hydrogen (secondary N) is 1. The zero-order chi connectivity index (χ0) is 14.9. The molecule has 2 unspecified atom stereocenters. The number of hydrogen-bond acceptors (Lipinski definition) is 6. The average molecular weight is 279 g/mol. The summed E-state index contributed by atoms with van der Waals surface area (Å²) in [6, 6.07) is 0.0901. The van der Waals surface area contributed by atoms with Gasteiger partial charge in [0.25, 0.3) is 0 Å². The number of nitrogens with two attached hydrogens (primary N) is 1. The van der Waals surface area contributed by atoms with E-state index < -0.39 is 0 Å². The van der Waals surface area contributed by atoms with Crippen LogP contribution in [0.1, 0.15) is 23.7 Å². The quantitative estimate of drug-likeness (QED) is 0.529. The SMILES string of the molecule is Cc1nnc(N2CC(CO)OCC2C)c(C(=N)N)c1C. The standard InChI is InChI=1S/C13H21N5O2/c1-7-6-20-10(5-19)4-18(7)13-11(12(14)15)8(2)9(3)16-17-13/h7,10,19H,4-6H2,1-3H3,(H3,14,15). The Morgan fingerprint density at radius 2 is 2.20 bits per heavy atom. The third kappa shape index (κ3) is 2.59. The topological polar surface area (TPSA) is 108 Å². The Hall–Kier alpha value is -1.73. The van der Waals surface area contributed by atoms with Crippen LogP contribution in [0.15, 0.2) is 0 Å². The van der Waals surface area contributed by atoms with Gasteiger partial charge in [0.2, 0.25) is 0 Å². The summed E-state index contributed by atoms with van der Waals surface area (Å²) in [7, 11) is 0. The van der Waals surface area contributed by atoms with E-state index in [0.29, 0.717) is 24.5 Å². The molecule has 1 aliphatic heterocycles. The first-order valence-corrected chi connectivity index (χ1v) is 6.63. The molecule has 1 aliphatic rings. The summed E-state index contributed by atoms with van der Waals surface area (Å²) in [5, 5.41) is 25.4. The predicted molar refractivity (Wildman–Crippen MR) is 76.2 cm³/mol. The van der Waals surface area contributed by atoms with Crippen LogP contribution < -0.4 is 10.6 Å². The highest BCUT2D eigenvalue weighted by Crippen LogP contribution is 2.26.